The molecule has 1 aliphatic rings. The van der Waals surface area contributed by atoms with E-state index in [0.717, 1.165) is 0 Å². The van der Waals surface area contributed by atoms with E-state index in [0.29, 0.717) is 6.42 Å². The van der Waals surface area contributed by atoms with Crippen LogP contribution in [0.1, 0.15) is 7.79 Å². The fraction of sp³-hybridized carbons (Fsp3) is 1.00. The molecule has 1 heterocycles. The molecule has 0 aromatic carbocycles. The van der Waals surface area contributed by atoms with Gasteiger partial charge in [-0.2, -0.15) is 0 Å². The van der Waals surface area contributed by atoms with Crippen LogP contribution < -0.4 is 0 Å². The summed E-state index contributed by atoms with van der Waals surface area (Å²) >= 11 is 0. The normalized spacial score (nSPS) is 49.2. The Balaban J connectivity index is 2.38. The predicted molar refractivity (Wildman–Crippen MR) is 27.4 cm³/mol. The number of rotatable bonds is 1. The molecule has 0 amide bonds. The summed E-state index contributed by atoms with van der Waals surface area (Å²) in [4.78, 5) is 0. The summed E-state index contributed by atoms with van der Waals surface area (Å²) in [6.07, 6.45) is -0.879. The zero-order chi connectivity index (χ0) is 6.85. The first kappa shape index (κ1) is 4.73. The van der Waals surface area contributed by atoms with E-state index in [1.165, 1.54) is 0 Å². The quantitative estimate of drug-likeness (QED) is 0.473. The van der Waals surface area contributed by atoms with Crippen molar-refractivity contribution in [1.29, 1.82) is 0 Å². The van der Waals surface area contributed by atoms with E-state index in [1.807, 2.05) is 0 Å². The lowest BCUT2D eigenvalue weighted by atomic mass is 10.2. The van der Waals surface area contributed by atoms with Gasteiger partial charge in [-0.15, -0.1) is 0 Å². The fourth-order valence-electron chi connectivity index (χ4n) is 0.685. The molecule has 0 aromatic heterocycles. The highest BCUT2D eigenvalue weighted by Crippen LogP contribution is 2.11. The molecule has 1 rings (SSSR count). The maximum Gasteiger partial charge on any atom is 0.106 e. The van der Waals surface area contributed by atoms with E-state index < -0.39 is 18.8 Å². The van der Waals surface area contributed by atoms with Gasteiger partial charge in [0, 0.05) is 6.58 Å². The minimum Gasteiger partial charge on any atom is -0.394 e. The van der Waals surface area contributed by atoms with Gasteiger partial charge in [0.1, 0.15) is 6.10 Å². The summed E-state index contributed by atoms with van der Waals surface area (Å²) < 4.78 is 11.8. The van der Waals surface area contributed by atoms with Gasteiger partial charge in [-0.05, 0) is 6.42 Å². The van der Waals surface area contributed by atoms with Crippen LogP contribution in [0.25, 0.3) is 0 Å². The molecule has 3 nitrogen and oxygen atoms in total. The highest BCUT2D eigenvalue weighted by atomic mass is 16.5. The Kier molecular flexibility index (Phi) is 1.44. The molecule has 0 aromatic rings. The molecule has 0 radical (unpaired) electrons. The summed E-state index contributed by atoms with van der Waals surface area (Å²) in [6.45, 7) is -0.853. The SMILES string of the molecule is [3H][C@@H]1C[C@@H](O)[C@H](CO)O1. The number of hydrogen-bond donors (Lipinski definition) is 2. The van der Waals surface area contributed by atoms with E-state index in [-0.39, 0.29) is 6.61 Å². The third kappa shape index (κ3) is 0.992. The maximum absolute atomic E-state index is 8.95. The number of aliphatic hydroxyl groups excluding tert-OH is 2. The predicted octanol–water partition coefficient (Wildman–Crippen LogP) is -0.871. The highest BCUT2D eigenvalue weighted by Gasteiger charge is 2.24. The summed E-state index contributed by atoms with van der Waals surface area (Å²) in [6, 6.07) is 0. The smallest absolute Gasteiger partial charge is 0.106 e. The first-order valence-electron chi connectivity index (χ1n) is 3.18. The largest absolute Gasteiger partial charge is 0.394 e. The average molecular weight is 120 g/mol. The summed E-state index contributed by atoms with van der Waals surface area (Å²) in [5.41, 5.74) is 0. The number of ether oxygens (including phenoxy) is 1. The topological polar surface area (TPSA) is 49.7 Å². The zero-order valence-corrected chi connectivity index (χ0v) is 4.45. The van der Waals surface area contributed by atoms with Gasteiger partial charge < -0.3 is 14.9 Å². The molecule has 0 spiro atoms. The van der Waals surface area contributed by atoms with Gasteiger partial charge in [-0.25, -0.2) is 0 Å². The minimum absolute atomic E-state index is 0.198. The molecule has 3 heteroatoms. The molecular formula is C5H10O3. The van der Waals surface area contributed by atoms with E-state index in [9.17, 15) is 0 Å². The molecule has 8 heavy (non-hydrogen) atoms. The van der Waals surface area contributed by atoms with Crippen molar-refractivity contribution in [3.8, 4) is 0 Å². The van der Waals surface area contributed by atoms with Crippen LogP contribution in [0.4, 0.5) is 0 Å². The van der Waals surface area contributed by atoms with Crippen molar-refractivity contribution in [1.82, 2.24) is 0 Å². The Morgan fingerprint density at radius 3 is 2.88 bits per heavy atom. The summed E-state index contributed by atoms with van der Waals surface area (Å²) in [7, 11) is 0. The fourth-order valence-corrected chi connectivity index (χ4v) is 0.685. The second-order valence-electron chi connectivity index (χ2n) is 1.83. The minimum atomic E-state index is -0.655. The zero-order valence-electron chi connectivity index (χ0n) is 5.45. The van der Waals surface area contributed by atoms with Crippen LogP contribution in [0.2, 0.25) is 0 Å². The van der Waals surface area contributed by atoms with Crippen LogP contribution in [0, 0.1) is 0 Å². The molecule has 1 aliphatic heterocycles. The molecule has 3 atom stereocenters. The molecule has 2 N–H and O–H groups in total. The van der Waals surface area contributed by atoms with Crippen LogP contribution >= 0.6 is 0 Å². The van der Waals surface area contributed by atoms with Crippen LogP contribution in [-0.2, 0) is 4.74 Å². The van der Waals surface area contributed by atoms with Crippen molar-refractivity contribution in [2.24, 2.45) is 0 Å². The first-order valence-corrected chi connectivity index (χ1v) is 2.60. The number of aliphatic hydroxyl groups is 2. The number of hydrogen-bond acceptors (Lipinski definition) is 3. The average Bonchev–Trinajstić information content (AvgIpc) is 2.10. The Morgan fingerprint density at radius 1 is 1.88 bits per heavy atom. The molecule has 1 fully saturated rings. The highest BCUT2D eigenvalue weighted by molar-refractivity contribution is 4.73. The molecule has 1 saturated heterocycles. The molecule has 0 bridgehead atoms. The van der Waals surface area contributed by atoms with Crippen molar-refractivity contribution < 1.29 is 16.3 Å². The van der Waals surface area contributed by atoms with Gasteiger partial charge in [0.2, 0.25) is 0 Å². The summed E-state index contributed by atoms with van der Waals surface area (Å²) in [5.74, 6) is 0. The van der Waals surface area contributed by atoms with Crippen molar-refractivity contribution >= 4 is 0 Å². The van der Waals surface area contributed by atoms with Crippen molar-refractivity contribution in [3.05, 3.63) is 0 Å². The van der Waals surface area contributed by atoms with E-state index in [2.05, 4.69) is 0 Å². The van der Waals surface area contributed by atoms with E-state index in [1.54, 1.807) is 0 Å². The maximum atomic E-state index is 8.95. The molecule has 0 aliphatic carbocycles. The van der Waals surface area contributed by atoms with Gasteiger partial charge in [-0.1, -0.05) is 0 Å². The van der Waals surface area contributed by atoms with Gasteiger partial charge in [0.15, 0.2) is 0 Å². The lowest BCUT2D eigenvalue weighted by Gasteiger charge is -2.07. The van der Waals surface area contributed by atoms with Crippen molar-refractivity contribution in [2.75, 3.05) is 13.2 Å². The van der Waals surface area contributed by atoms with Crippen molar-refractivity contribution in [2.45, 2.75) is 18.6 Å². The van der Waals surface area contributed by atoms with Crippen LogP contribution in [0.3, 0.4) is 0 Å². The summed E-state index contributed by atoms with van der Waals surface area (Å²) in [5, 5.41) is 17.4. The van der Waals surface area contributed by atoms with Crippen LogP contribution in [0.15, 0.2) is 0 Å². The van der Waals surface area contributed by atoms with E-state index in [4.69, 9.17) is 16.3 Å². The second-order valence-corrected chi connectivity index (χ2v) is 1.83. The van der Waals surface area contributed by atoms with Gasteiger partial charge in [0.05, 0.1) is 14.1 Å². The van der Waals surface area contributed by atoms with Crippen LogP contribution in [0.5, 0.6) is 0 Å². The molecule has 0 saturated carbocycles. The molecule has 0 unspecified atom stereocenters. The lowest BCUT2D eigenvalue weighted by Crippen LogP contribution is -2.24. The standard InChI is InChI=1S/C5H10O3/c6-3-5-4(7)1-2-8-5/h4-7H,1-3H2/t4-,5+/m1/s1/i2T/t2-,4-,5+. The Bertz CT molecular complexity index is 98.2. The monoisotopic (exact) mass is 120 g/mol. The van der Waals surface area contributed by atoms with Gasteiger partial charge in [0.25, 0.3) is 0 Å². The Labute approximate surface area is 49.3 Å². The third-order valence-corrected chi connectivity index (χ3v) is 1.22. The molecule has 48 valence electrons. The third-order valence-electron chi connectivity index (χ3n) is 1.22. The second kappa shape index (κ2) is 2.44. The van der Waals surface area contributed by atoms with E-state index >= 15 is 0 Å². The Hall–Kier alpha value is -0.120. The Morgan fingerprint density at radius 2 is 2.62 bits per heavy atom. The van der Waals surface area contributed by atoms with Crippen molar-refractivity contribution in [3.63, 3.8) is 0 Å². The van der Waals surface area contributed by atoms with Gasteiger partial charge in [-0.3, -0.25) is 0 Å². The first-order chi connectivity index (χ1) is 4.24. The van der Waals surface area contributed by atoms with Gasteiger partial charge >= 0.3 is 0 Å². The van der Waals surface area contributed by atoms with Crippen LogP contribution in [-0.4, -0.2) is 35.6 Å². The lowest BCUT2D eigenvalue weighted by molar-refractivity contribution is 0.00406. The molecular weight excluding hydrogens is 108 g/mol.